The number of hydrogen-bond acceptors (Lipinski definition) is 3. The topological polar surface area (TPSA) is 56.4 Å². The molecular formula is C23H29N3O2. The lowest BCUT2D eigenvalue weighted by molar-refractivity contribution is 0.0735. The number of carbonyl (C=O) groups excluding carboxylic acids is 1. The smallest absolute Gasteiger partial charge is 0.261 e. The number of amides is 1. The van der Waals surface area contributed by atoms with E-state index in [-0.39, 0.29) is 11.5 Å². The van der Waals surface area contributed by atoms with Gasteiger partial charge in [0.05, 0.1) is 0 Å². The number of H-pyrrole nitrogens is 1. The molecule has 2 aromatic rings. The molecule has 1 fully saturated rings. The molecule has 148 valence electrons. The van der Waals surface area contributed by atoms with Crippen LogP contribution in [0, 0.1) is 5.92 Å². The average molecular weight is 380 g/mol. The maximum absolute atomic E-state index is 12.8. The maximum atomic E-state index is 12.8. The Kier molecular flexibility index (Phi) is 5.62. The molecule has 1 N–H and O–H groups in total. The predicted molar refractivity (Wildman–Crippen MR) is 110 cm³/mol. The molecule has 1 aliphatic heterocycles. The molecule has 1 amide bonds. The highest BCUT2D eigenvalue weighted by Gasteiger charge is 2.25. The molecule has 2 aliphatic rings. The van der Waals surface area contributed by atoms with Gasteiger partial charge in [-0.3, -0.25) is 14.5 Å². The van der Waals surface area contributed by atoms with Gasteiger partial charge in [-0.1, -0.05) is 30.3 Å². The van der Waals surface area contributed by atoms with E-state index in [0.29, 0.717) is 18.0 Å². The van der Waals surface area contributed by atoms with Crippen molar-refractivity contribution in [2.45, 2.75) is 38.6 Å². The molecule has 0 radical (unpaired) electrons. The highest BCUT2D eigenvalue weighted by molar-refractivity contribution is 5.93. The first kappa shape index (κ1) is 18.9. The third-order valence-corrected chi connectivity index (χ3v) is 6.15. The fourth-order valence-electron chi connectivity index (χ4n) is 4.52. The van der Waals surface area contributed by atoms with Crippen LogP contribution in [0.25, 0.3) is 0 Å². The fraction of sp³-hybridized carbons (Fsp3) is 0.478. The number of aromatic amines is 1. The van der Waals surface area contributed by atoms with Crippen LogP contribution in [0.2, 0.25) is 0 Å². The second kappa shape index (κ2) is 8.31. The number of nitrogens with zero attached hydrogens (tertiary/aromatic N) is 2. The van der Waals surface area contributed by atoms with Crippen molar-refractivity contribution in [2.24, 2.45) is 5.92 Å². The van der Waals surface area contributed by atoms with E-state index in [1.165, 1.54) is 5.56 Å². The van der Waals surface area contributed by atoms with Gasteiger partial charge >= 0.3 is 0 Å². The first-order valence-corrected chi connectivity index (χ1v) is 10.4. The Morgan fingerprint density at radius 1 is 1.18 bits per heavy atom. The summed E-state index contributed by atoms with van der Waals surface area (Å²) in [6.45, 7) is 3.82. The minimum absolute atomic E-state index is 0.150. The number of piperidine rings is 1. The molecule has 0 unspecified atom stereocenters. The van der Waals surface area contributed by atoms with Crippen LogP contribution < -0.4 is 5.56 Å². The zero-order valence-corrected chi connectivity index (χ0v) is 16.6. The quantitative estimate of drug-likeness (QED) is 0.869. The van der Waals surface area contributed by atoms with Crippen molar-refractivity contribution in [3.05, 3.63) is 69.1 Å². The van der Waals surface area contributed by atoms with Crippen molar-refractivity contribution in [1.29, 1.82) is 0 Å². The number of likely N-dealkylation sites (tertiary alicyclic amines) is 1. The van der Waals surface area contributed by atoms with Crippen LogP contribution in [0.5, 0.6) is 0 Å². The van der Waals surface area contributed by atoms with Crippen molar-refractivity contribution < 1.29 is 4.79 Å². The van der Waals surface area contributed by atoms with E-state index in [9.17, 15) is 9.59 Å². The largest absolute Gasteiger partial charge is 0.341 e. The molecule has 0 atom stereocenters. The van der Waals surface area contributed by atoms with Crippen LogP contribution >= 0.6 is 0 Å². The van der Waals surface area contributed by atoms with Gasteiger partial charge in [-0.15, -0.1) is 0 Å². The summed E-state index contributed by atoms with van der Waals surface area (Å²) in [6.07, 6.45) is 5.10. The van der Waals surface area contributed by atoms with Crippen LogP contribution in [0.1, 0.15) is 46.4 Å². The molecule has 0 bridgehead atoms. The van der Waals surface area contributed by atoms with Gasteiger partial charge in [0.2, 0.25) is 0 Å². The Bertz CT molecular complexity index is 882. The Labute approximate surface area is 166 Å². The highest BCUT2D eigenvalue weighted by atomic mass is 16.2. The molecule has 5 nitrogen and oxygen atoms in total. The minimum atomic E-state index is -0.241. The van der Waals surface area contributed by atoms with E-state index in [4.69, 9.17) is 0 Å². The van der Waals surface area contributed by atoms with Gasteiger partial charge in [0, 0.05) is 25.8 Å². The van der Waals surface area contributed by atoms with E-state index < -0.39 is 0 Å². The third-order valence-electron chi connectivity index (χ3n) is 6.15. The van der Waals surface area contributed by atoms with Crippen LogP contribution in [0.4, 0.5) is 0 Å². The van der Waals surface area contributed by atoms with Gasteiger partial charge in [0.1, 0.15) is 5.56 Å². The number of hydrogen-bond donors (Lipinski definition) is 1. The van der Waals surface area contributed by atoms with Crippen molar-refractivity contribution in [3.63, 3.8) is 0 Å². The molecule has 2 heterocycles. The van der Waals surface area contributed by atoms with Gasteiger partial charge in [0.25, 0.3) is 11.5 Å². The summed E-state index contributed by atoms with van der Waals surface area (Å²) >= 11 is 0. The molecule has 5 heteroatoms. The van der Waals surface area contributed by atoms with E-state index in [0.717, 1.165) is 63.0 Å². The van der Waals surface area contributed by atoms with E-state index >= 15 is 0 Å². The van der Waals surface area contributed by atoms with E-state index in [2.05, 4.69) is 40.2 Å². The normalized spacial score (nSPS) is 17.5. The Hall–Kier alpha value is -2.40. The van der Waals surface area contributed by atoms with E-state index in [1.54, 1.807) is 4.90 Å². The van der Waals surface area contributed by atoms with Gasteiger partial charge in [-0.25, -0.2) is 0 Å². The second-order valence-corrected chi connectivity index (χ2v) is 8.26. The lowest BCUT2D eigenvalue weighted by Gasteiger charge is -2.34. The van der Waals surface area contributed by atoms with Gasteiger partial charge < -0.3 is 9.88 Å². The number of benzene rings is 1. The first-order chi connectivity index (χ1) is 13.6. The summed E-state index contributed by atoms with van der Waals surface area (Å²) in [5, 5.41) is 0. The number of aryl methyl sites for hydroxylation is 2. The van der Waals surface area contributed by atoms with Crippen molar-refractivity contribution in [2.75, 3.05) is 26.7 Å². The van der Waals surface area contributed by atoms with Crippen molar-refractivity contribution >= 4 is 5.91 Å². The second-order valence-electron chi connectivity index (χ2n) is 8.26. The fourth-order valence-corrected chi connectivity index (χ4v) is 4.52. The summed E-state index contributed by atoms with van der Waals surface area (Å²) in [5.74, 6) is 0.345. The third kappa shape index (κ3) is 4.20. The number of nitrogens with one attached hydrogen (secondary N) is 1. The van der Waals surface area contributed by atoms with Crippen molar-refractivity contribution in [1.82, 2.24) is 14.8 Å². The predicted octanol–water partition coefficient (Wildman–Crippen LogP) is 2.85. The molecule has 0 saturated carbocycles. The summed E-state index contributed by atoms with van der Waals surface area (Å²) in [7, 11) is 1.82. The van der Waals surface area contributed by atoms with Crippen molar-refractivity contribution in [3.8, 4) is 0 Å². The average Bonchev–Trinajstić information content (AvgIpc) is 3.16. The van der Waals surface area contributed by atoms with E-state index in [1.807, 2.05) is 13.1 Å². The number of fused-ring (bicyclic) bond motifs is 1. The molecule has 1 aromatic carbocycles. The molecule has 1 saturated heterocycles. The lowest BCUT2D eigenvalue weighted by Crippen LogP contribution is -2.40. The van der Waals surface area contributed by atoms with Crippen LogP contribution in [-0.4, -0.2) is 47.4 Å². The van der Waals surface area contributed by atoms with Gasteiger partial charge in [0.15, 0.2) is 0 Å². The first-order valence-electron chi connectivity index (χ1n) is 10.4. The monoisotopic (exact) mass is 379 g/mol. The summed E-state index contributed by atoms with van der Waals surface area (Å²) in [5.41, 5.74) is 3.55. The van der Waals surface area contributed by atoms with Crippen LogP contribution in [0.3, 0.4) is 0 Å². The van der Waals surface area contributed by atoms with Gasteiger partial charge in [-0.05, 0) is 68.3 Å². The highest BCUT2D eigenvalue weighted by Crippen LogP contribution is 2.22. The number of pyridine rings is 1. The van der Waals surface area contributed by atoms with Gasteiger partial charge in [-0.2, -0.15) is 0 Å². The SMILES string of the molecule is CN(CC1CCN(Cc2ccccc2)CC1)C(=O)c1cc2c([nH]c1=O)CCC2. The minimum Gasteiger partial charge on any atom is -0.341 e. The maximum Gasteiger partial charge on any atom is 0.261 e. The molecule has 4 rings (SSSR count). The summed E-state index contributed by atoms with van der Waals surface area (Å²) < 4.78 is 0. The summed E-state index contributed by atoms with van der Waals surface area (Å²) in [6, 6.07) is 12.4. The van der Waals surface area contributed by atoms with Crippen LogP contribution in [0.15, 0.2) is 41.2 Å². The molecule has 28 heavy (non-hydrogen) atoms. The Balaban J connectivity index is 1.31. The zero-order valence-electron chi connectivity index (χ0n) is 16.6. The number of aromatic nitrogens is 1. The number of rotatable bonds is 5. The molecule has 1 aromatic heterocycles. The Morgan fingerprint density at radius 3 is 2.68 bits per heavy atom. The lowest BCUT2D eigenvalue weighted by atomic mass is 9.95. The molecule has 0 spiro atoms. The Morgan fingerprint density at radius 2 is 1.93 bits per heavy atom. The number of carbonyl (C=O) groups is 1. The molecular weight excluding hydrogens is 350 g/mol. The van der Waals surface area contributed by atoms with Crippen LogP contribution in [-0.2, 0) is 19.4 Å². The summed E-state index contributed by atoms with van der Waals surface area (Å²) in [4.78, 5) is 32.3. The molecule has 1 aliphatic carbocycles. The standard InChI is InChI=1S/C23H29N3O2/c1-25(23(28)20-14-19-8-5-9-21(19)24-22(20)27)15-18-10-12-26(13-11-18)16-17-6-3-2-4-7-17/h2-4,6-7,14,18H,5,8-13,15-16H2,1H3,(H,24,27). The zero-order chi connectivity index (χ0) is 19.5.